The first-order valence-electron chi connectivity index (χ1n) is 7.89. The van der Waals surface area contributed by atoms with E-state index in [0.29, 0.717) is 13.2 Å². The summed E-state index contributed by atoms with van der Waals surface area (Å²) in [7, 11) is 0. The molecule has 2 N–H and O–H groups in total. The SMILES string of the molecule is C[C@H]1OCCN[C@@H]1C(=O)NC1CC(C)(C)Oc2ccccc21.Cl. The van der Waals surface area contributed by atoms with Crippen LogP contribution in [0.15, 0.2) is 24.3 Å². The van der Waals surface area contributed by atoms with Crippen LogP contribution in [0.1, 0.15) is 38.8 Å². The van der Waals surface area contributed by atoms with E-state index >= 15 is 0 Å². The van der Waals surface area contributed by atoms with Gasteiger partial charge in [0.2, 0.25) is 5.91 Å². The third kappa shape index (κ3) is 3.97. The number of carbonyl (C=O) groups is 1. The molecule has 2 aliphatic rings. The first kappa shape index (κ1) is 18.0. The first-order valence-corrected chi connectivity index (χ1v) is 7.89. The molecule has 0 spiro atoms. The molecule has 128 valence electrons. The zero-order valence-corrected chi connectivity index (χ0v) is 14.6. The fraction of sp³-hybridized carbons (Fsp3) is 0.588. The van der Waals surface area contributed by atoms with Gasteiger partial charge in [-0.05, 0) is 26.8 Å². The van der Waals surface area contributed by atoms with Gasteiger partial charge in [-0.3, -0.25) is 4.79 Å². The van der Waals surface area contributed by atoms with Gasteiger partial charge in [0.25, 0.3) is 0 Å². The van der Waals surface area contributed by atoms with E-state index in [9.17, 15) is 4.79 Å². The smallest absolute Gasteiger partial charge is 0.240 e. The number of benzene rings is 1. The summed E-state index contributed by atoms with van der Waals surface area (Å²) in [5.74, 6) is 0.842. The second-order valence-electron chi connectivity index (χ2n) is 6.67. The molecule has 5 nitrogen and oxygen atoms in total. The molecule has 23 heavy (non-hydrogen) atoms. The maximum absolute atomic E-state index is 12.6. The van der Waals surface area contributed by atoms with Crippen LogP contribution in [0.25, 0.3) is 0 Å². The van der Waals surface area contributed by atoms with Crippen LogP contribution in [-0.4, -0.2) is 36.8 Å². The Hall–Kier alpha value is -1.30. The Morgan fingerprint density at radius 1 is 1.35 bits per heavy atom. The molecule has 1 aromatic rings. The van der Waals surface area contributed by atoms with Crippen LogP contribution in [0.3, 0.4) is 0 Å². The van der Waals surface area contributed by atoms with Crippen molar-refractivity contribution in [2.45, 2.75) is 51.0 Å². The number of hydrogen-bond donors (Lipinski definition) is 2. The van der Waals surface area contributed by atoms with Crippen molar-refractivity contribution in [1.29, 1.82) is 0 Å². The number of nitrogens with one attached hydrogen (secondary N) is 2. The Bertz CT molecular complexity index is 565. The van der Waals surface area contributed by atoms with Crippen LogP contribution >= 0.6 is 12.4 Å². The van der Waals surface area contributed by atoms with Gasteiger partial charge in [-0.15, -0.1) is 12.4 Å². The number of hydrogen-bond acceptors (Lipinski definition) is 4. The van der Waals surface area contributed by atoms with Gasteiger partial charge in [0, 0.05) is 18.5 Å². The highest BCUT2D eigenvalue weighted by Crippen LogP contribution is 2.39. The number of para-hydroxylation sites is 1. The summed E-state index contributed by atoms with van der Waals surface area (Å²) in [6.45, 7) is 7.38. The minimum Gasteiger partial charge on any atom is -0.487 e. The van der Waals surface area contributed by atoms with E-state index in [1.54, 1.807) is 0 Å². The lowest BCUT2D eigenvalue weighted by Crippen LogP contribution is -2.56. The van der Waals surface area contributed by atoms with Gasteiger partial charge in [-0.25, -0.2) is 0 Å². The maximum atomic E-state index is 12.6. The number of carbonyl (C=O) groups excluding carboxylic acids is 1. The quantitative estimate of drug-likeness (QED) is 0.866. The second kappa shape index (κ2) is 7.07. The number of halogens is 1. The van der Waals surface area contributed by atoms with Crippen LogP contribution in [0.2, 0.25) is 0 Å². The Morgan fingerprint density at radius 2 is 2.09 bits per heavy atom. The molecule has 3 atom stereocenters. The Balaban J connectivity index is 0.00000192. The molecule has 0 saturated carbocycles. The summed E-state index contributed by atoms with van der Waals surface area (Å²) in [5, 5.41) is 6.40. The third-order valence-electron chi connectivity index (χ3n) is 4.29. The molecule has 0 aromatic heterocycles. The normalized spacial score (nSPS) is 28.7. The molecule has 2 heterocycles. The molecule has 1 unspecified atom stereocenters. The van der Waals surface area contributed by atoms with Crippen molar-refractivity contribution in [3.05, 3.63) is 29.8 Å². The van der Waals surface area contributed by atoms with Gasteiger partial charge < -0.3 is 20.1 Å². The first-order chi connectivity index (χ1) is 10.5. The third-order valence-corrected chi connectivity index (χ3v) is 4.29. The fourth-order valence-corrected chi connectivity index (χ4v) is 3.22. The molecule has 3 rings (SSSR count). The molecule has 1 fully saturated rings. The molecule has 1 aromatic carbocycles. The van der Waals surface area contributed by atoms with Gasteiger partial charge in [0.1, 0.15) is 17.4 Å². The maximum Gasteiger partial charge on any atom is 0.240 e. The van der Waals surface area contributed by atoms with Gasteiger partial charge in [0.15, 0.2) is 0 Å². The molecular formula is C17H25ClN2O3. The van der Waals surface area contributed by atoms with Crippen LogP contribution in [-0.2, 0) is 9.53 Å². The molecule has 1 saturated heterocycles. The Kier molecular flexibility index (Phi) is 5.55. The van der Waals surface area contributed by atoms with Crippen molar-refractivity contribution in [3.8, 4) is 5.75 Å². The molecule has 0 radical (unpaired) electrons. The largest absolute Gasteiger partial charge is 0.487 e. The van der Waals surface area contributed by atoms with Gasteiger partial charge >= 0.3 is 0 Å². The summed E-state index contributed by atoms with van der Waals surface area (Å²) in [6.07, 6.45) is 0.634. The Labute approximate surface area is 143 Å². The predicted molar refractivity (Wildman–Crippen MR) is 91.1 cm³/mol. The van der Waals surface area contributed by atoms with Crippen molar-refractivity contribution in [2.24, 2.45) is 0 Å². The highest BCUT2D eigenvalue weighted by Gasteiger charge is 2.36. The monoisotopic (exact) mass is 340 g/mol. The van der Waals surface area contributed by atoms with Gasteiger partial charge in [-0.2, -0.15) is 0 Å². The van der Waals surface area contributed by atoms with Crippen LogP contribution in [0.4, 0.5) is 0 Å². The van der Waals surface area contributed by atoms with Crippen molar-refractivity contribution in [3.63, 3.8) is 0 Å². The van der Waals surface area contributed by atoms with Crippen molar-refractivity contribution in [2.75, 3.05) is 13.2 Å². The molecular weight excluding hydrogens is 316 g/mol. The van der Waals surface area contributed by atoms with Crippen LogP contribution < -0.4 is 15.4 Å². The number of ether oxygens (including phenoxy) is 2. The molecule has 0 bridgehead atoms. The lowest BCUT2D eigenvalue weighted by molar-refractivity contribution is -0.130. The van der Waals surface area contributed by atoms with Crippen molar-refractivity contribution >= 4 is 18.3 Å². The molecule has 6 heteroatoms. The summed E-state index contributed by atoms with van der Waals surface area (Å²) in [5.41, 5.74) is 0.744. The average molecular weight is 341 g/mol. The summed E-state index contributed by atoms with van der Waals surface area (Å²) >= 11 is 0. The van der Waals surface area contributed by atoms with Crippen molar-refractivity contribution in [1.82, 2.24) is 10.6 Å². The van der Waals surface area contributed by atoms with E-state index in [0.717, 1.165) is 17.7 Å². The van der Waals surface area contributed by atoms with E-state index in [4.69, 9.17) is 9.47 Å². The number of amides is 1. The van der Waals surface area contributed by atoms with Crippen molar-refractivity contribution < 1.29 is 14.3 Å². The lowest BCUT2D eigenvalue weighted by Gasteiger charge is -2.39. The molecule has 0 aliphatic carbocycles. The standard InChI is InChI=1S/C17H24N2O3.ClH/c1-11-15(18-8-9-21-11)16(20)19-13-10-17(2,3)22-14-7-5-4-6-12(13)14;/h4-7,11,13,15,18H,8-10H2,1-3H3,(H,19,20);1H/t11-,13?,15+;/m1./s1. The van der Waals surface area contributed by atoms with Gasteiger partial charge in [0.05, 0.1) is 18.8 Å². The van der Waals surface area contributed by atoms with Crippen LogP contribution in [0.5, 0.6) is 5.75 Å². The summed E-state index contributed by atoms with van der Waals surface area (Å²) in [4.78, 5) is 12.6. The van der Waals surface area contributed by atoms with E-state index in [-0.39, 0.29) is 42.1 Å². The molecule has 2 aliphatic heterocycles. The highest BCUT2D eigenvalue weighted by molar-refractivity contribution is 5.85. The zero-order valence-electron chi connectivity index (χ0n) is 13.8. The lowest BCUT2D eigenvalue weighted by atomic mass is 9.89. The van der Waals surface area contributed by atoms with E-state index in [2.05, 4.69) is 10.6 Å². The van der Waals surface area contributed by atoms with E-state index in [1.165, 1.54) is 0 Å². The van der Waals surface area contributed by atoms with Gasteiger partial charge in [-0.1, -0.05) is 18.2 Å². The van der Waals surface area contributed by atoms with E-state index < -0.39 is 0 Å². The fourth-order valence-electron chi connectivity index (χ4n) is 3.22. The van der Waals surface area contributed by atoms with Crippen LogP contribution in [0, 0.1) is 0 Å². The number of fused-ring (bicyclic) bond motifs is 1. The Morgan fingerprint density at radius 3 is 2.83 bits per heavy atom. The minimum atomic E-state index is -0.299. The second-order valence-corrected chi connectivity index (χ2v) is 6.67. The average Bonchev–Trinajstić information content (AvgIpc) is 2.46. The highest BCUT2D eigenvalue weighted by atomic mass is 35.5. The zero-order chi connectivity index (χ0) is 15.7. The summed E-state index contributed by atoms with van der Waals surface area (Å²) < 4.78 is 11.6. The topological polar surface area (TPSA) is 59.6 Å². The van der Waals surface area contributed by atoms with E-state index in [1.807, 2.05) is 45.0 Å². The summed E-state index contributed by atoms with van der Waals surface area (Å²) in [6, 6.07) is 7.57. The minimum absolute atomic E-state index is 0. The number of rotatable bonds is 2. The number of morpholine rings is 1. The molecule has 1 amide bonds. The predicted octanol–water partition coefficient (Wildman–Crippen LogP) is 2.20.